The number of aliphatic hydroxyl groups is 1. The van der Waals surface area contributed by atoms with Crippen molar-refractivity contribution in [1.82, 2.24) is 20.3 Å². The van der Waals surface area contributed by atoms with Gasteiger partial charge in [0, 0.05) is 34.9 Å². The fourth-order valence-electron chi connectivity index (χ4n) is 4.45. The van der Waals surface area contributed by atoms with E-state index in [1.807, 2.05) is 32.2 Å². The minimum atomic E-state index is -0.155. The summed E-state index contributed by atoms with van der Waals surface area (Å²) in [5.74, 6) is 2.02. The van der Waals surface area contributed by atoms with Crippen LogP contribution in [0.15, 0.2) is 18.3 Å². The summed E-state index contributed by atoms with van der Waals surface area (Å²) >= 11 is 0. The number of rotatable bonds is 5. The highest BCUT2D eigenvalue weighted by Crippen LogP contribution is 2.32. The van der Waals surface area contributed by atoms with E-state index < -0.39 is 0 Å². The third-order valence-electron chi connectivity index (χ3n) is 5.97. The Morgan fingerprint density at radius 2 is 1.66 bits per heavy atom. The Morgan fingerprint density at radius 3 is 2.34 bits per heavy atom. The monoisotopic (exact) mass is 396 g/mol. The quantitative estimate of drug-likeness (QED) is 0.615. The predicted octanol–water partition coefficient (Wildman–Crippen LogP) is 3.41. The maximum atomic E-state index is 9.83. The Morgan fingerprint density at radius 1 is 0.966 bits per heavy atom. The minimum absolute atomic E-state index is 0.155. The lowest BCUT2D eigenvalue weighted by Crippen LogP contribution is -2.30. The van der Waals surface area contributed by atoms with Gasteiger partial charge in [-0.25, -0.2) is 4.98 Å². The van der Waals surface area contributed by atoms with Gasteiger partial charge in [0.15, 0.2) is 0 Å². The molecule has 1 aliphatic carbocycles. The molecule has 2 aromatic heterocycles. The van der Waals surface area contributed by atoms with E-state index in [9.17, 15) is 5.11 Å². The zero-order chi connectivity index (χ0) is 20.2. The van der Waals surface area contributed by atoms with Gasteiger partial charge in [0.05, 0.1) is 6.10 Å². The second kappa shape index (κ2) is 9.05. The smallest absolute Gasteiger partial charge is 0.229 e. The molecule has 0 bridgehead atoms. The molecule has 2 aromatic rings. The van der Waals surface area contributed by atoms with Gasteiger partial charge in [-0.3, -0.25) is 4.98 Å². The Labute approximate surface area is 172 Å². The predicted molar refractivity (Wildman–Crippen MR) is 116 cm³/mol. The van der Waals surface area contributed by atoms with E-state index in [4.69, 9.17) is 4.98 Å². The summed E-state index contributed by atoms with van der Waals surface area (Å²) in [6.45, 7) is 6.05. The fraction of sp³-hybridized carbons (Fsp3) is 0.591. The Balaban J connectivity index is 1.58. The molecule has 0 atom stereocenters. The van der Waals surface area contributed by atoms with Crippen LogP contribution in [0.25, 0.3) is 0 Å². The molecule has 7 nitrogen and oxygen atoms in total. The molecule has 2 fully saturated rings. The highest BCUT2D eigenvalue weighted by molar-refractivity contribution is 5.57. The third-order valence-corrected chi connectivity index (χ3v) is 5.97. The van der Waals surface area contributed by atoms with Crippen LogP contribution < -0.4 is 16.0 Å². The molecule has 0 aromatic carbocycles. The molecule has 4 N–H and O–H groups in total. The van der Waals surface area contributed by atoms with Crippen LogP contribution in [-0.2, 0) is 0 Å². The van der Waals surface area contributed by atoms with Crippen LogP contribution >= 0.6 is 0 Å². The van der Waals surface area contributed by atoms with Crippen LogP contribution in [-0.4, -0.2) is 45.3 Å². The number of anilines is 3. The zero-order valence-corrected chi connectivity index (χ0v) is 17.4. The van der Waals surface area contributed by atoms with Crippen LogP contribution in [0.5, 0.6) is 0 Å². The standard InChI is InChI=1S/C22H32N6O/c1-14-11-18(12-15(2)25-14)27-22-24-13-20(16-7-9-23-10-8-16)21(28-22)26-17-3-5-19(29)6-4-17/h11-13,16-17,19,23,29H,3-10H2,1-2H3,(H2,24,25,26,27,28)/t17-,19-. The van der Waals surface area contributed by atoms with Crippen LogP contribution in [0.1, 0.15) is 61.4 Å². The Bertz CT molecular complexity index is 808. The van der Waals surface area contributed by atoms with Crippen molar-refractivity contribution in [2.75, 3.05) is 23.7 Å². The molecule has 4 rings (SSSR count). The van der Waals surface area contributed by atoms with Gasteiger partial charge < -0.3 is 21.1 Å². The molecule has 1 aliphatic heterocycles. The van der Waals surface area contributed by atoms with E-state index in [0.29, 0.717) is 17.9 Å². The summed E-state index contributed by atoms with van der Waals surface area (Å²) in [7, 11) is 0. The minimum Gasteiger partial charge on any atom is -0.393 e. The van der Waals surface area contributed by atoms with Gasteiger partial charge in [-0.1, -0.05) is 0 Å². The highest BCUT2D eigenvalue weighted by Gasteiger charge is 2.24. The third kappa shape index (κ3) is 5.22. The van der Waals surface area contributed by atoms with Crippen molar-refractivity contribution in [1.29, 1.82) is 0 Å². The number of nitrogens with one attached hydrogen (secondary N) is 3. The van der Waals surface area contributed by atoms with Crippen molar-refractivity contribution < 1.29 is 5.11 Å². The average Bonchev–Trinajstić information content (AvgIpc) is 2.70. The summed E-state index contributed by atoms with van der Waals surface area (Å²) in [6, 6.07) is 4.37. The molecule has 1 saturated heterocycles. The van der Waals surface area contributed by atoms with Crippen molar-refractivity contribution >= 4 is 17.5 Å². The Kier molecular flexibility index (Phi) is 6.25. The van der Waals surface area contributed by atoms with Gasteiger partial charge in [-0.15, -0.1) is 0 Å². The van der Waals surface area contributed by atoms with E-state index in [0.717, 1.165) is 74.5 Å². The van der Waals surface area contributed by atoms with Gasteiger partial charge in [0.1, 0.15) is 5.82 Å². The summed E-state index contributed by atoms with van der Waals surface area (Å²) in [5.41, 5.74) is 4.11. The van der Waals surface area contributed by atoms with Crippen LogP contribution in [0, 0.1) is 13.8 Å². The SMILES string of the molecule is Cc1cc(Nc2ncc(C3CCNCC3)c(N[C@H]3CC[C@H](O)CC3)n2)cc(C)n1. The van der Waals surface area contributed by atoms with Crippen molar-refractivity contribution in [3.8, 4) is 0 Å². The molecule has 1 saturated carbocycles. The molecule has 7 heteroatoms. The van der Waals surface area contributed by atoms with E-state index in [1.54, 1.807) is 0 Å². The van der Waals surface area contributed by atoms with E-state index in [1.165, 1.54) is 5.56 Å². The van der Waals surface area contributed by atoms with Crippen LogP contribution in [0.3, 0.4) is 0 Å². The lowest BCUT2D eigenvalue weighted by Gasteiger charge is -2.29. The second-order valence-electron chi connectivity index (χ2n) is 8.44. The van der Waals surface area contributed by atoms with E-state index >= 15 is 0 Å². The first-order chi connectivity index (χ1) is 14.1. The molecule has 0 amide bonds. The number of pyridine rings is 1. The van der Waals surface area contributed by atoms with Crippen molar-refractivity contribution in [3.05, 3.63) is 35.3 Å². The number of aryl methyl sites for hydroxylation is 2. The van der Waals surface area contributed by atoms with Crippen LogP contribution in [0.2, 0.25) is 0 Å². The number of aromatic nitrogens is 3. The first kappa shape index (κ1) is 20.0. The fourth-order valence-corrected chi connectivity index (χ4v) is 4.45. The van der Waals surface area contributed by atoms with Gasteiger partial charge in [-0.05, 0) is 83.5 Å². The van der Waals surface area contributed by atoms with Crippen LogP contribution in [0.4, 0.5) is 17.5 Å². The molecular weight excluding hydrogens is 364 g/mol. The maximum Gasteiger partial charge on any atom is 0.229 e. The molecule has 156 valence electrons. The zero-order valence-electron chi connectivity index (χ0n) is 17.4. The van der Waals surface area contributed by atoms with Gasteiger partial charge in [0.2, 0.25) is 5.95 Å². The number of hydrogen-bond acceptors (Lipinski definition) is 7. The van der Waals surface area contributed by atoms with Crippen molar-refractivity contribution in [2.24, 2.45) is 0 Å². The molecule has 29 heavy (non-hydrogen) atoms. The maximum absolute atomic E-state index is 9.83. The Hall–Kier alpha value is -2.25. The van der Waals surface area contributed by atoms with Crippen molar-refractivity contribution in [2.45, 2.75) is 70.4 Å². The molecule has 0 spiro atoms. The molecule has 0 radical (unpaired) electrons. The lowest BCUT2D eigenvalue weighted by atomic mass is 9.90. The lowest BCUT2D eigenvalue weighted by molar-refractivity contribution is 0.126. The molecule has 2 aliphatic rings. The van der Waals surface area contributed by atoms with Gasteiger partial charge >= 0.3 is 0 Å². The summed E-state index contributed by atoms with van der Waals surface area (Å²) < 4.78 is 0. The first-order valence-corrected chi connectivity index (χ1v) is 10.8. The second-order valence-corrected chi connectivity index (χ2v) is 8.44. The normalized spacial score (nSPS) is 23.0. The van der Waals surface area contributed by atoms with Gasteiger partial charge in [0.25, 0.3) is 0 Å². The summed E-state index contributed by atoms with van der Waals surface area (Å²) in [4.78, 5) is 13.9. The van der Waals surface area contributed by atoms with E-state index in [-0.39, 0.29) is 6.10 Å². The number of piperidine rings is 1. The van der Waals surface area contributed by atoms with Crippen molar-refractivity contribution in [3.63, 3.8) is 0 Å². The summed E-state index contributed by atoms with van der Waals surface area (Å²) in [5, 5.41) is 20.3. The first-order valence-electron chi connectivity index (χ1n) is 10.8. The molecular formula is C22H32N6O. The van der Waals surface area contributed by atoms with E-state index in [2.05, 4.69) is 25.9 Å². The molecule has 3 heterocycles. The largest absolute Gasteiger partial charge is 0.393 e. The topological polar surface area (TPSA) is 95.0 Å². The summed E-state index contributed by atoms with van der Waals surface area (Å²) in [6.07, 6.45) is 7.71. The molecule has 0 unspecified atom stereocenters. The van der Waals surface area contributed by atoms with Gasteiger partial charge in [-0.2, -0.15) is 4.98 Å². The number of aliphatic hydroxyl groups excluding tert-OH is 1. The number of nitrogens with zero attached hydrogens (tertiary/aromatic N) is 3. The highest BCUT2D eigenvalue weighted by atomic mass is 16.3. The number of hydrogen-bond donors (Lipinski definition) is 4. The average molecular weight is 397 g/mol.